The maximum absolute atomic E-state index is 13.4. The number of nitrogens with one attached hydrogen (secondary N) is 1. The van der Waals surface area contributed by atoms with E-state index in [4.69, 9.17) is 4.74 Å². The minimum absolute atomic E-state index is 0.155. The predicted molar refractivity (Wildman–Crippen MR) is 86.6 cm³/mol. The molecule has 0 radical (unpaired) electrons. The van der Waals surface area contributed by atoms with Gasteiger partial charge in [0.15, 0.2) is 11.6 Å². The van der Waals surface area contributed by atoms with E-state index in [1.54, 1.807) is 46.9 Å². The van der Waals surface area contributed by atoms with Crippen molar-refractivity contribution in [2.24, 2.45) is 5.41 Å². The Morgan fingerprint density at radius 3 is 2.48 bits per heavy atom. The fourth-order valence-corrected chi connectivity index (χ4v) is 1.77. The monoisotopic (exact) mass is 324 g/mol. The van der Waals surface area contributed by atoms with Crippen molar-refractivity contribution in [2.45, 2.75) is 33.7 Å². The number of halogens is 1. The average Bonchev–Trinajstić information content (AvgIpc) is 2.47. The van der Waals surface area contributed by atoms with Gasteiger partial charge in [-0.3, -0.25) is 9.59 Å². The van der Waals surface area contributed by atoms with Crippen molar-refractivity contribution in [3.63, 3.8) is 0 Å². The van der Waals surface area contributed by atoms with Crippen LogP contribution in [0.5, 0.6) is 5.75 Å². The first-order valence-electron chi connectivity index (χ1n) is 7.56. The number of carbonyl (C=O) groups excluding carboxylic acids is 2. The summed E-state index contributed by atoms with van der Waals surface area (Å²) in [6.07, 6.45) is 0. The molecule has 0 saturated heterocycles. The summed E-state index contributed by atoms with van der Waals surface area (Å²) in [5.74, 6) is -0.691. The Morgan fingerprint density at radius 2 is 1.91 bits per heavy atom. The number of hydrogen-bond acceptors (Lipinski definition) is 3. The molecule has 1 atom stereocenters. The van der Waals surface area contributed by atoms with Gasteiger partial charge in [-0.15, -0.1) is 0 Å². The Labute approximate surface area is 136 Å². The highest BCUT2D eigenvalue weighted by Crippen LogP contribution is 2.15. The second-order valence-corrected chi connectivity index (χ2v) is 6.48. The molecule has 0 bridgehead atoms. The van der Waals surface area contributed by atoms with Gasteiger partial charge in [-0.2, -0.15) is 0 Å². The predicted octanol–water partition coefficient (Wildman–Crippen LogP) is 2.21. The van der Waals surface area contributed by atoms with Gasteiger partial charge in [0.25, 0.3) is 0 Å². The van der Waals surface area contributed by atoms with E-state index >= 15 is 0 Å². The summed E-state index contributed by atoms with van der Waals surface area (Å²) in [5.41, 5.74) is -0.555. The number of rotatable bonds is 6. The first-order chi connectivity index (χ1) is 10.6. The summed E-state index contributed by atoms with van der Waals surface area (Å²) in [7, 11) is 1.62. The van der Waals surface area contributed by atoms with Gasteiger partial charge in [0.1, 0.15) is 12.6 Å². The van der Waals surface area contributed by atoms with Gasteiger partial charge in [-0.1, -0.05) is 32.9 Å². The van der Waals surface area contributed by atoms with Crippen LogP contribution in [0.4, 0.5) is 4.39 Å². The first-order valence-corrected chi connectivity index (χ1v) is 7.56. The first kappa shape index (κ1) is 18.9. The van der Waals surface area contributed by atoms with Crippen LogP contribution in [0, 0.1) is 11.2 Å². The van der Waals surface area contributed by atoms with Gasteiger partial charge < -0.3 is 15.0 Å². The summed E-state index contributed by atoms with van der Waals surface area (Å²) in [6, 6.07) is 5.48. The van der Waals surface area contributed by atoms with E-state index in [0.717, 1.165) is 0 Å². The second-order valence-electron chi connectivity index (χ2n) is 6.48. The lowest BCUT2D eigenvalue weighted by molar-refractivity contribution is -0.137. The van der Waals surface area contributed by atoms with Crippen LogP contribution >= 0.6 is 0 Å². The molecule has 0 aromatic heterocycles. The number of nitrogens with zero attached hydrogens (tertiary/aromatic N) is 1. The van der Waals surface area contributed by atoms with Crippen LogP contribution in [0.25, 0.3) is 0 Å². The lowest BCUT2D eigenvalue weighted by Gasteiger charge is -2.25. The number of carbonyl (C=O) groups is 2. The summed E-state index contributed by atoms with van der Waals surface area (Å²) < 4.78 is 18.7. The molecule has 1 aromatic rings. The zero-order valence-corrected chi connectivity index (χ0v) is 14.4. The molecule has 0 saturated carbocycles. The number of benzene rings is 1. The molecule has 23 heavy (non-hydrogen) atoms. The third kappa shape index (κ3) is 5.88. The van der Waals surface area contributed by atoms with Crippen molar-refractivity contribution in [3.05, 3.63) is 30.1 Å². The molecule has 1 unspecified atom stereocenters. The number of likely N-dealkylation sites (N-methyl/N-ethyl adjacent to an activating group) is 1. The van der Waals surface area contributed by atoms with E-state index < -0.39 is 17.3 Å². The molecule has 0 fully saturated rings. The minimum atomic E-state index is -0.625. The van der Waals surface area contributed by atoms with Crippen LogP contribution in [0.15, 0.2) is 24.3 Å². The Morgan fingerprint density at radius 1 is 1.30 bits per heavy atom. The zero-order chi connectivity index (χ0) is 17.6. The van der Waals surface area contributed by atoms with Crippen LogP contribution in [0.2, 0.25) is 0 Å². The van der Waals surface area contributed by atoms with Crippen molar-refractivity contribution in [2.75, 3.05) is 20.2 Å². The Bertz CT molecular complexity index is 555. The van der Waals surface area contributed by atoms with Crippen LogP contribution in [-0.2, 0) is 9.59 Å². The van der Waals surface area contributed by atoms with Crippen molar-refractivity contribution in [1.82, 2.24) is 10.2 Å². The molecular formula is C17H25FN2O3. The third-order valence-corrected chi connectivity index (χ3v) is 3.30. The van der Waals surface area contributed by atoms with E-state index in [2.05, 4.69) is 5.32 Å². The van der Waals surface area contributed by atoms with Crippen molar-refractivity contribution in [1.29, 1.82) is 0 Å². The largest absolute Gasteiger partial charge is 0.489 e. The standard InChI is InChI=1S/C17H25FN2O3/c1-12(19-16(22)17(2,3)4)15(21)20(5)10-11-23-14-9-7-6-8-13(14)18/h6-9,12H,10-11H2,1-5H3,(H,19,22). The van der Waals surface area contributed by atoms with E-state index in [0.29, 0.717) is 6.54 Å². The summed E-state index contributed by atoms with van der Waals surface area (Å²) >= 11 is 0. The fraction of sp³-hybridized carbons (Fsp3) is 0.529. The maximum atomic E-state index is 13.4. The molecule has 1 N–H and O–H groups in total. The van der Waals surface area contributed by atoms with Gasteiger partial charge in [0.2, 0.25) is 11.8 Å². The smallest absolute Gasteiger partial charge is 0.244 e. The normalized spacial score (nSPS) is 12.4. The van der Waals surface area contributed by atoms with Gasteiger partial charge in [0.05, 0.1) is 6.54 Å². The topological polar surface area (TPSA) is 58.6 Å². The highest BCUT2D eigenvalue weighted by atomic mass is 19.1. The van der Waals surface area contributed by atoms with Gasteiger partial charge in [-0.05, 0) is 19.1 Å². The van der Waals surface area contributed by atoms with E-state index in [-0.39, 0.29) is 24.2 Å². The molecule has 1 rings (SSSR count). The summed E-state index contributed by atoms with van der Waals surface area (Å²) in [6.45, 7) is 7.45. The van der Waals surface area contributed by atoms with Crippen LogP contribution in [0.3, 0.4) is 0 Å². The van der Waals surface area contributed by atoms with Crippen LogP contribution in [0.1, 0.15) is 27.7 Å². The molecule has 0 aliphatic heterocycles. The third-order valence-electron chi connectivity index (χ3n) is 3.30. The number of ether oxygens (including phenoxy) is 1. The molecule has 2 amide bonds. The Kier molecular flexibility index (Phi) is 6.54. The summed E-state index contributed by atoms with van der Waals surface area (Å²) in [5, 5.41) is 2.69. The van der Waals surface area contributed by atoms with Gasteiger partial charge in [-0.25, -0.2) is 4.39 Å². The number of hydrogen-bond donors (Lipinski definition) is 1. The highest BCUT2D eigenvalue weighted by molar-refractivity contribution is 5.89. The Hall–Kier alpha value is -2.11. The molecule has 128 valence electrons. The van der Waals surface area contributed by atoms with Gasteiger partial charge >= 0.3 is 0 Å². The molecule has 6 heteroatoms. The quantitative estimate of drug-likeness (QED) is 0.873. The number of amides is 2. The van der Waals surface area contributed by atoms with E-state index in [1.165, 1.54) is 17.0 Å². The molecule has 1 aromatic carbocycles. The van der Waals surface area contributed by atoms with E-state index in [1.807, 2.05) is 0 Å². The minimum Gasteiger partial charge on any atom is -0.489 e. The lowest BCUT2D eigenvalue weighted by Crippen LogP contribution is -2.49. The molecular weight excluding hydrogens is 299 g/mol. The van der Waals surface area contributed by atoms with Crippen LogP contribution < -0.4 is 10.1 Å². The van der Waals surface area contributed by atoms with Crippen LogP contribution in [-0.4, -0.2) is 43.0 Å². The summed E-state index contributed by atoms with van der Waals surface area (Å²) in [4.78, 5) is 25.5. The van der Waals surface area contributed by atoms with E-state index in [9.17, 15) is 14.0 Å². The molecule has 0 aliphatic rings. The zero-order valence-electron chi connectivity index (χ0n) is 14.4. The molecule has 0 heterocycles. The van der Waals surface area contributed by atoms with Crippen molar-refractivity contribution >= 4 is 11.8 Å². The van der Waals surface area contributed by atoms with Gasteiger partial charge in [0, 0.05) is 12.5 Å². The highest BCUT2D eigenvalue weighted by Gasteiger charge is 2.26. The van der Waals surface area contributed by atoms with Crippen molar-refractivity contribution < 1.29 is 18.7 Å². The van der Waals surface area contributed by atoms with Crippen molar-refractivity contribution in [3.8, 4) is 5.75 Å². The Balaban J connectivity index is 2.45. The molecule has 0 spiro atoms. The second kappa shape index (κ2) is 7.94. The fourth-order valence-electron chi connectivity index (χ4n) is 1.77. The number of para-hydroxylation sites is 1. The lowest BCUT2D eigenvalue weighted by atomic mass is 9.95. The molecule has 5 nitrogen and oxygen atoms in total. The SMILES string of the molecule is CC(NC(=O)C(C)(C)C)C(=O)N(C)CCOc1ccccc1F. The average molecular weight is 324 g/mol. The molecule has 0 aliphatic carbocycles. The maximum Gasteiger partial charge on any atom is 0.244 e.